The van der Waals surface area contributed by atoms with Crippen LogP contribution in [0.4, 0.5) is 0 Å². The largest absolute Gasteiger partial charge is 0.383 e. The third-order valence-electron chi connectivity index (χ3n) is 2.94. The molecule has 0 fully saturated rings. The fraction of sp³-hybridized carbons (Fsp3) is 0.200. The van der Waals surface area contributed by atoms with Gasteiger partial charge in [0.2, 0.25) is 0 Å². The SMILES string of the molecule is NCC(O)(CSc1ccc(Cl)cc1)c1ccccc1. The normalized spacial score (nSPS) is 14.1. The zero-order valence-electron chi connectivity index (χ0n) is 10.4. The number of halogens is 1. The number of thioether (sulfide) groups is 1. The lowest BCUT2D eigenvalue weighted by molar-refractivity contribution is 0.0721. The predicted octanol–water partition coefficient (Wildman–Crippen LogP) is 3.28. The minimum atomic E-state index is -1.01. The Bertz CT molecular complexity index is 517. The van der Waals surface area contributed by atoms with Crippen LogP contribution in [0.3, 0.4) is 0 Å². The number of rotatable bonds is 5. The maximum atomic E-state index is 10.6. The summed E-state index contributed by atoms with van der Waals surface area (Å²) in [6.45, 7) is 0.192. The van der Waals surface area contributed by atoms with Crippen LogP contribution < -0.4 is 5.73 Å². The average molecular weight is 294 g/mol. The lowest BCUT2D eigenvalue weighted by Gasteiger charge is -2.26. The standard InChI is InChI=1S/C15H16ClNOS/c16-13-6-8-14(9-7-13)19-11-15(18,10-17)12-4-2-1-3-5-12/h1-9,18H,10-11,17H2. The van der Waals surface area contributed by atoms with Gasteiger partial charge in [-0.25, -0.2) is 0 Å². The lowest BCUT2D eigenvalue weighted by atomic mass is 9.96. The number of hydrogen-bond donors (Lipinski definition) is 2. The Hall–Kier alpha value is -1.00. The van der Waals surface area contributed by atoms with Crippen LogP contribution in [0.2, 0.25) is 5.02 Å². The molecule has 0 aliphatic carbocycles. The van der Waals surface area contributed by atoms with Crippen molar-refractivity contribution in [3.8, 4) is 0 Å². The van der Waals surface area contributed by atoms with E-state index in [-0.39, 0.29) is 6.54 Å². The molecule has 0 spiro atoms. The molecule has 0 amide bonds. The molecule has 2 aromatic rings. The Morgan fingerprint density at radius 3 is 2.26 bits per heavy atom. The van der Waals surface area contributed by atoms with E-state index in [1.807, 2.05) is 54.6 Å². The van der Waals surface area contributed by atoms with Crippen molar-refractivity contribution in [3.05, 3.63) is 65.2 Å². The summed E-state index contributed by atoms with van der Waals surface area (Å²) in [5.74, 6) is 0.509. The highest BCUT2D eigenvalue weighted by atomic mass is 35.5. The van der Waals surface area contributed by atoms with Crippen LogP contribution in [-0.4, -0.2) is 17.4 Å². The van der Waals surface area contributed by atoms with Crippen molar-refractivity contribution in [1.82, 2.24) is 0 Å². The first-order valence-corrected chi connectivity index (χ1v) is 7.37. The van der Waals surface area contributed by atoms with Crippen LogP contribution in [0.5, 0.6) is 0 Å². The molecule has 0 aromatic heterocycles. The van der Waals surface area contributed by atoms with E-state index >= 15 is 0 Å². The van der Waals surface area contributed by atoms with Crippen LogP contribution in [0.25, 0.3) is 0 Å². The molecule has 0 saturated heterocycles. The molecule has 0 aliphatic rings. The van der Waals surface area contributed by atoms with Crippen LogP contribution >= 0.6 is 23.4 Å². The monoisotopic (exact) mass is 293 g/mol. The second-order valence-electron chi connectivity index (χ2n) is 4.34. The first-order valence-electron chi connectivity index (χ1n) is 6.00. The Balaban J connectivity index is 2.09. The van der Waals surface area contributed by atoms with Gasteiger partial charge in [-0.05, 0) is 29.8 Å². The van der Waals surface area contributed by atoms with E-state index in [1.165, 1.54) is 0 Å². The number of nitrogens with two attached hydrogens (primary N) is 1. The van der Waals surface area contributed by atoms with Gasteiger partial charge in [-0.3, -0.25) is 0 Å². The maximum Gasteiger partial charge on any atom is 0.111 e. The van der Waals surface area contributed by atoms with Gasteiger partial charge < -0.3 is 10.8 Å². The lowest BCUT2D eigenvalue weighted by Crippen LogP contribution is -2.37. The van der Waals surface area contributed by atoms with Gasteiger partial charge in [0.05, 0.1) is 0 Å². The summed E-state index contributed by atoms with van der Waals surface area (Å²) in [5, 5.41) is 11.3. The topological polar surface area (TPSA) is 46.2 Å². The zero-order valence-corrected chi connectivity index (χ0v) is 12.0. The van der Waals surface area contributed by atoms with Crippen LogP contribution in [0, 0.1) is 0 Å². The Kier molecular flexibility index (Phi) is 4.88. The summed E-state index contributed by atoms with van der Waals surface area (Å²) in [5.41, 5.74) is 5.58. The summed E-state index contributed by atoms with van der Waals surface area (Å²) in [4.78, 5) is 1.06. The van der Waals surface area contributed by atoms with Crippen molar-refractivity contribution in [3.63, 3.8) is 0 Å². The number of aliphatic hydroxyl groups is 1. The minimum Gasteiger partial charge on any atom is -0.383 e. The van der Waals surface area contributed by atoms with Crippen molar-refractivity contribution in [2.45, 2.75) is 10.5 Å². The smallest absolute Gasteiger partial charge is 0.111 e. The Morgan fingerprint density at radius 1 is 1.05 bits per heavy atom. The summed E-state index contributed by atoms with van der Waals surface area (Å²) < 4.78 is 0. The van der Waals surface area contributed by atoms with Gasteiger partial charge in [-0.1, -0.05) is 41.9 Å². The van der Waals surface area contributed by atoms with Crippen molar-refractivity contribution < 1.29 is 5.11 Å². The molecule has 4 heteroatoms. The maximum absolute atomic E-state index is 10.6. The van der Waals surface area contributed by atoms with Gasteiger partial charge >= 0.3 is 0 Å². The summed E-state index contributed by atoms with van der Waals surface area (Å²) in [6.07, 6.45) is 0. The fourth-order valence-electron chi connectivity index (χ4n) is 1.74. The predicted molar refractivity (Wildman–Crippen MR) is 81.6 cm³/mol. The fourth-order valence-corrected chi connectivity index (χ4v) is 2.89. The van der Waals surface area contributed by atoms with Gasteiger partial charge in [0.1, 0.15) is 5.60 Å². The van der Waals surface area contributed by atoms with Crippen LogP contribution in [0.15, 0.2) is 59.5 Å². The molecule has 2 aromatic carbocycles. The zero-order chi connectivity index (χ0) is 13.7. The van der Waals surface area contributed by atoms with Crippen molar-refractivity contribution in [2.75, 3.05) is 12.3 Å². The van der Waals surface area contributed by atoms with E-state index in [4.69, 9.17) is 17.3 Å². The summed E-state index contributed by atoms with van der Waals surface area (Å²) in [7, 11) is 0. The Labute approximate surface area is 122 Å². The second-order valence-corrected chi connectivity index (χ2v) is 5.83. The molecule has 0 heterocycles. The van der Waals surface area contributed by atoms with E-state index in [0.717, 1.165) is 10.5 Å². The van der Waals surface area contributed by atoms with Crippen molar-refractivity contribution in [2.24, 2.45) is 5.73 Å². The molecule has 2 nitrogen and oxygen atoms in total. The molecule has 1 atom stereocenters. The molecular weight excluding hydrogens is 278 g/mol. The number of benzene rings is 2. The molecule has 0 aliphatic heterocycles. The molecule has 19 heavy (non-hydrogen) atoms. The molecule has 0 radical (unpaired) electrons. The molecule has 3 N–H and O–H groups in total. The summed E-state index contributed by atoms with van der Waals surface area (Å²) in [6, 6.07) is 17.1. The minimum absolute atomic E-state index is 0.192. The van der Waals surface area contributed by atoms with E-state index in [9.17, 15) is 5.11 Å². The molecular formula is C15H16ClNOS. The molecule has 0 bridgehead atoms. The van der Waals surface area contributed by atoms with Gasteiger partial charge in [0.15, 0.2) is 0 Å². The quantitative estimate of drug-likeness (QED) is 0.832. The van der Waals surface area contributed by atoms with E-state index in [2.05, 4.69) is 0 Å². The van der Waals surface area contributed by atoms with E-state index < -0.39 is 5.60 Å². The first kappa shape index (κ1) is 14.4. The average Bonchev–Trinajstić information content (AvgIpc) is 2.47. The second kappa shape index (κ2) is 6.44. The molecule has 0 saturated carbocycles. The third kappa shape index (κ3) is 3.74. The van der Waals surface area contributed by atoms with Crippen molar-refractivity contribution in [1.29, 1.82) is 0 Å². The highest BCUT2D eigenvalue weighted by molar-refractivity contribution is 7.99. The highest BCUT2D eigenvalue weighted by Crippen LogP contribution is 2.29. The molecule has 1 unspecified atom stereocenters. The van der Waals surface area contributed by atoms with Gasteiger partial charge in [-0.2, -0.15) is 0 Å². The van der Waals surface area contributed by atoms with Gasteiger partial charge in [0.25, 0.3) is 0 Å². The number of hydrogen-bond acceptors (Lipinski definition) is 3. The van der Waals surface area contributed by atoms with Gasteiger partial charge in [-0.15, -0.1) is 11.8 Å². The first-order chi connectivity index (χ1) is 9.14. The van der Waals surface area contributed by atoms with Gasteiger partial charge in [0, 0.05) is 22.2 Å². The Morgan fingerprint density at radius 2 is 1.68 bits per heavy atom. The van der Waals surface area contributed by atoms with E-state index in [1.54, 1.807) is 11.8 Å². The highest BCUT2D eigenvalue weighted by Gasteiger charge is 2.27. The van der Waals surface area contributed by atoms with E-state index in [0.29, 0.717) is 10.8 Å². The third-order valence-corrected chi connectivity index (χ3v) is 4.42. The van der Waals surface area contributed by atoms with Crippen LogP contribution in [-0.2, 0) is 5.60 Å². The van der Waals surface area contributed by atoms with Crippen LogP contribution in [0.1, 0.15) is 5.56 Å². The molecule has 100 valence electrons. The summed E-state index contributed by atoms with van der Waals surface area (Å²) >= 11 is 7.41. The van der Waals surface area contributed by atoms with Crippen molar-refractivity contribution >= 4 is 23.4 Å². The molecule has 2 rings (SSSR count).